The summed E-state index contributed by atoms with van der Waals surface area (Å²) in [4.78, 5) is 11.9. The van der Waals surface area contributed by atoms with Crippen molar-refractivity contribution in [2.45, 2.75) is 26.2 Å². The van der Waals surface area contributed by atoms with Crippen molar-refractivity contribution < 1.29 is 17.9 Å². The van der Waals surface area contributed by atoms with Crippen LogP contribution in [0.4, 0.5) is 0 Å². The summed E-state index contributed by atoms with van der Waals surface area (Å²) >= 11 is 0. The van der Waals surface area contributed by atoms with Gasteiger partial charge in [-0.3, -0.25) is 4.79 Å². The molecule has 1 N–H and O–H groups in total. The van der Waals surface area contributed by atoms with E-state index in [0.717, 1.165) is 24.2 Å². The molecule has 0 aliphatic carbocycles. The molecule has 2 rings (SSSR count). The van der Waals surface area contributed by atoms with Crippen LogP contribution in [0.3, 0.4) is 0 Å². The predicted octanol–water partition coefficient (Wildman–Crippen LogP) is 1.17. The number of hydrogen-bond donors (Lipinski definition) is 1. The van der Waals surface area contributed by atoms with Gasteiger partial charge in [-0.2, -0.15) is 0 Å². The highest BCUT2D eigenvalue weighted by molar-refractivity contribution is 7.89. The Bertz CT molecular complexity index is 607. The molecule has 1 saturated heterocycles. The average molecular weight is 340 g/mol. The number of hydrogen-bond acceptors (Lipinski definition) is 4. The van der Waals surface area contributed by atoms with E-state index in [9.17, 15) is 13.2 Å². The van der Waals surface area contributed by atoms with Crippen LogP contribution in [0.1, 0.15) is 25.3 Å². The molecule has 1 heterocycles. The van der Waals surface area contributed by atoms with Crippen LogP contribution >= 0.6 is 0 Å². The molecule has 0 radical (unpaired) electrons. The molecule has 1 aromatic rings. The minimum atomic E-state index is -3.24. The van der Waals surface area contributed by atoms with Gasteiger partial charge in [-0.25, -0.2) is 12.7 Å². The minimum absolute atomic E-state index is 0.0397. The quantitative estimate of drug-likeness (QED) is 0.771. The third-order valence-electron chi connectivity index (χ3n) is 3.74. The summed E-state index contributed by atoms with van der Waals surface area (Å²) in [6.07, 6.45) is 2.07. The SMILES string of the molecule is CCOc1ccc(CC(=O)NCCS(=O)(=O)N2CCCC2)cc1. The van der Waals surface area contributed by atoms with Crippen molar-refractivity contribution in [3.8, 4) is 5.75 Å². The molecule has 1 aliphatic heterocycles. The lowest BCUT2D eigenvalue weighted by atomic mass is 10.1. The van der Waals surface area contributed by atoms with E-state index in [4.69, 9.17) is 4.74 Å². The van der Waals surface area contributed by atoms with Crippen molar-refractivity contribution >= 4 is 15.9 Å². The molecular formula is C16H24N2O4S. The van der Waals surface area contributed by atoms with Crippen molar-refractivity contribution in [2.75, 3.05) is 32.0 Å². The van der Waals surface area contributed by atoms with Crippen molar-refractivity contribution in [1.29, 1.82) is 0 Å². The van der Waals surface area contributed by atoms with Crippen LogP contribution < -0.4 is 10.1 Å². The van der Waals surface area contributed by atoms with E-state index in [1.165, 1.54) is 4.31 Å². The fourth-order valence-corrected chi connectivity index (χ4v) is 3.97. The Morgan fingerprint density at radius 1 is 1.22 bits per heavy atom. The van der Waals surface area contributed by atoms with Gasteiger partial charge in [0.25, 0.3) is 0 Å². The van der Waals surface area contributed by atoms with E-state index in [1.54, 1.807) is 0 Å². The van der Waals surface area contributed by atoms with Crippen LogP contribution in [0, 0.1) is 0 Å². The number of nitrogens with one attached hydrogen (secondary N) is 1. The second-order valence-corrected chi connectivity index (χ2v) is 7.61. The first-order valence-electron chi connectivity index (χ1n) is 7.97. The second kappa shape index (κ2) is 8.31. The van der Waals surface area contributed by atoms with Gasteiger partial charge in [-0.1, -0.05) is 12.1 Å². The van der Waals surface area contributed by atoms with Crippen LogP contribution in [0.5, 0.6) is 5.75 Å². The molecule has 23 heavy (non-hydrogen) atoms. The Morgan fingerprint density at radius 2 is 1.87 bits per heavy atom. The van der Waals surface area contributed by atoms with Gasteiger partial charge in [-0.15, -0.1) is 0 Å². The molecule has 1 aromatic carbocycles. The summed E-state index contributed by atoms with van der Waals surface area (Å²) in [5, 5.41) is 2.67. The van der Waals surface area contributed by atoms with E-state index in [0.29, 0.717) is 19.7 Å². The zero-order valence-corrected chi connectivity index (χ0v) is 14.3. The monoisotopic (exact) mass is 340 g/mol. The molecule has 0 aromatic heterocycles. The van der Waals surface area contributed by atoms with Gasteiger partial charge < -0.3 is 10.1 Å². The van der Waals surface area contributed by atoms with E-state index in [2.05, 4.69) is 5.32 Å². The summed E-state index contributed by atoms with van der Waals surface area (Å²) in [5.41, 5.74) is 0.869. The highest BCUT2D eigenvalue weighted by Crippen LogP contribution is 2.13. The first-order valence-corrected chi connectivity index (χ1v) is 9.58. The largest absolute Gasteiger partial charge is 0.494 e. The molecule has 6 nitrogen and oxygen atoms in total. The number of carbonyl (C=O) groups is 1. The fourth-order valence-electron chi connectivity index (χ4n) is 2.53. The van der Waals surface area contributed by atoms with Gasteiger partial charge in [0, 0.05) is 19.6 Å². The Morgan fingerprint density at radius 3 is 2.48 bits per heavy atom. The van der Waals surface area contributed by atoms with Gasteiger partial charge in [0.15, 0.2) is 0 Å². The number of benzene rings is 1. The number of ether oxygens (including phenoxy) is 1. The zero-order chi connectivity index (χ0) is 16.7. The third kappa shape index (κ3) is 5.51. The van der Waals surface area contributed by atoms with Crippen LogP contribution in [-0.2, 0) is 21.2 Å². The minimum Gasteiger partial charge on any atom is -0.494 e. The average Bonchev–Trinajstić information content (AvgIpc) is 3.04. The highest BCUT2D eigenvalue weighted by Gasteiger charge is 2.24. The molecule has 0 unspecified atom stereocenters. The number of rotatable bonds is 8. The van der Waals surface area contributed by atoms with E-state index < -0.39 is 10.0 Å². The van der Waals surface area contributed by atoms with Crippen LogP contribution in [0.15, 0.2) is 24.3 Å². The lowest BCUT2D eigenvalue weighted by Crippen LogP contribution is -2.36. The molecular weight excluding hydrogens is 316 g/mol. The van der Waals surface area contributed by atoms with Gasteiger partial charge in [0.05, 0.1) is 18.8 Å². The molecule has 128 valence electrons. The number of amides is 1. The van der Waals surface area contributed by atoms with E-state index in [1.807, 2.05) is 31.2 Å². The maximum Gasteiger partial charge on any atom is 0.224 e. The van der Waals surface area contributed by atoms with E-state index in [-0.39, 0.29) is 24.6 Å². The Labute approximate surface area is 137 Å². The summed E-state index contributed by atoms with van der Waals surface area (Å²) < 4.78 is 30.9. The molecule has 0 saturated carbocycles. The summed E-state index contributed by atoms with van der Waals surface area (Å²) in [5.74, 6) is 0.557. The summed E-state index contributed by atoms with van der Waals surface area (Å²) in [6, 6.07) is 7.32. The van der Waals surface area contributed by atoms with Gasteiger partial charge in [0.1, 0.15) is 5.75 Å². The fraction of sp³-hybridized carbons (Fsp3) is 0.562. The van der Waals surface area contributed by atoms with Crippen LogP contribution in [-0.4, -0.2) is 50.6 Å². The van der Waals surface area contributed by atoms with Crippen molar-refractivity contribution in [2.24, 2.45) is 0 Å². The van der Waals surface area contributed by atoms with Crippen molar-refractivity contribution in [3.63, 3.8) is 0 Å². The molecule has 1 amide bonds. The number of carbonyl (C=O) groups excluding carboxylic acids is 1. The van der Waals surface area contributed by atoms with Gasteiger partial charge >= 0.3 is 0 Å². The van der Waals surface area contributed by atoms with Crippen LogP contribution in [0.25, 0.3) is 0 Å². The third-order valence-corrected chi connectivity index (χ3v) is 5.61. The molecule has 7 heteroatoms. The van der Waals surface area contributed by atoms with E-state index >= 15 is 0 Å². The molecule has 1 aliphatic rings. The topological polar surface area (TPSA) is 75.7 Å². The van der Waals surface area contributed by atoms with Gasteiger partial charge in [0.2, 0.25) is 15.9 Å². The summed E-state index contributed by atoms with van der Waals surface area (Å²) in [6.45, 7) is 3.86. The molecule has 0 bridgehead atoms. The normalized spacial score (nSPS) is 15.5. The second-order valence-electron chi connectivity index (χ2n) is 5.53. The standard InChI is InChI=1S/C16H24N2O4S/c1-2-22-15-7-5-14(6-8-15)13-16(19)17-9-12-23(20,21)18-10-3-4-11-18/h5-8H,2-4,9-13H2,1H3,(H,17,19). The van der Waals surface area contributed by atoms with Crippen molar-refractivity contribution in [3.05, 3.63) is 29.8 Å². The Balaban J connectivity index is 1.74. The molecule has 0 atom stereocenters. The Hall–Kier alpha value is -1.60. The smallest absolute Gasteiger partial charge is 0.224 e. The first-order chi connectivity index (χ1) is 11.0. The lowest BCUT2D eigenvalue weighted by molar-refractivity contribution is -0.120. The number of nitrogens with zero attached hydrogens (tertiary/aromatic N) is 1. The molecule has 1 fully saturated rings. The van der Waals surface area contributed by atoms with Crippen molar-refractivity contribution in [1.82, 2.24) is 9.62 Å². The maximum atomic E-state index is 12.0. The van der Waals surface area contributed by atoms with Gasteiger partial charge in [-0.05, 0) is 37.5 Å². The molecule has 0 spiro atoms. The highest BCUT2D eigenvalue weighted by atomic mass is 32.2. The maximum absolute atomic E-state index is 12.0. The lowest BCUT2D eigenvalue weighted by Gasteiger charge is -2.15. The number of sulfonamides is 1. The Kier molecular flexibility index (Phi) is 6.41. The zero-order valence-electron chi connectivity index (χ0n) is 13.5. The summed E-state index contributed by atoms with van der Waals surface area (Å²) in [7, 11) is -3.24. The first kappa shape index (κ1) is 17.7. The predicted molar refractivity (Wildman–Crippen MR) is 88.9 cm³/mol. The van der Waals surface area contributed by atoms with Crippen LogP contribution in [0.2, 0.25) is 0 Å².